The van der Waals surface area contributed by atoms with Crippen LogP contribution < -0.4 is 20.4 Å². The Kier molecular flexibility index (Phi) is 9.73. The maximum Gasteiger partial charge on any atom is 0.262 e. The van der Waals surface area contributed by atoms with Gasteiger partial charge >= 0.3 is 0 Å². The molecule has 1 unspecified atom stereocenters. The Morgan fingerprint density at radius 3 is 2.28 bits per heavy atom. The van der Waals surface area contributed by atoms with E-state index in [1.807, 2.05) is 35.2 Å². The number of carbonyl (C=O) groups excluding carboxylic acids is 5. The van der Waals surface area contributed by atoms with Crippen LogP contribution in [0.5, 0.6) is 0 Å². The number of benzene rings is 2. The van der Waals surface area contributed by atoms with Crippen molar-refractivity contribution < 1.29 is 28.4 Å². The molecule has 9 rings (SSSR count). The smallest absolute Gasteiger partial charge is 0.262 e. The summed E-state index contributed by atoms with van der Waals surface area (Å²) in [4.78, 5) is 81.6. The molecule has 2 atom stereocenters. The lowest BCUT2D eigenvalue weighted by Crippen LogP contribution is -2.54. The lowest BCUT2D eigenvalue weighted by atomic mass is 9.95. The van der Waals surface area contributed by atoms with Gasteiger partial charge in [0.15, 0.2) is 0 Å². The predicted octanol–water partition coefficient (Wildman–Crippen LogP) is 4.16. The molecular formula is C42H46FN9O5. The first-order valence-electron chi connectivity index (χ1n) is 20.0. The second kappa shape index (κ2) is 15.0. The fraction of sp³-hybridized carbons (Fsp3) is 0.429. The number of amides is 5. The first-order chi connectivity index (χ1) is 27.6. The maximum atomic E-state index is 15.4. The minimum Gasteiger partial charge on any atom is -0.369 e. The number of pyridine rings is 1. The monoisotopic (exact) mass is 775 g/mol. The molecule has 15 heteroatoms. The molecule has 296 valence electrons. The normalized spacial score (nSPS) is 22.5. The molecular weight excluding hydrogens is 730 g/mol. The number of likely N-dealkylation sites (tertiary alicyclic amines) is 1. The van der Waals surface area contributed by atoms with Crippen molar-refractivity contribution in [1.82, 2.24) is 30.0 Å². The van der Waals surface area contributed by atoms with Crippen LogP contribution in [-0.4, -0.2) is 120 Å². The largest absolute Gasteiger partial charge is 0.369 e. The highest BCUT2D eigenvalue weighted by Gasteiger charge is 2.45. The van der Waals surface area contributed by atoms with Gasteiger partial charge in [0.25, 0.3) is 17.7 Å². The number of hydrogen-bond donors (Lipinski definition) is 3. The number of piperazine rings is 1. The Hall–Kier alpha value is -5.67. The Balaban J connectivity index is 0.746. The SMILES string of the molecule is CN1CCC[C@@H]1c1cc2cnc(NC(=O)c3ccc(N4CCN(CC5CCN(c6cc7c(cc6F)C(=O)N(C6CCC(=O)NC6=O)C7=O)CC5)CC4)cc3)cc2[nH]1. The number of nitrogens with one attached hydrogen (secondary N) is 3. The Morgan fingerprint density at radius 1 is 0.842 bits per heavy atom. The zero-order valence-corrected chi connectivity index (χ0v) is 31.9. The summed E-state index contributed by atoms with van der Waals surface area (Å²) in [6.07, 6.45) is 5.92. The highest BCUT2D eigenvalue weighted by molar-refractivity contribution is 6.23. The second-order valence-electron chi connectivity index (χ2n) is 16.0. The van der Waals surface area contributed by atoms with Gasteiger partial charge in [-0.15, -0.1) is 0 Å². The molecule has 5 aliphatic heterocycles. The molecule has 4 fully saturated rings. The van der Waals surface area contributed by atoms with Gasteiger partial charge in [0.1, 0.15) is 17.7 Å². The minimum absolute atomic E-state index is 0.0231. The van der Waals surface area contributed by atoms with Crippen molar-refractivity contribution in [3.63, 3.8) is 0 Å². The number of H-pyrrole nitrogens is 1. The first-order valence-corrected chi connectivity index (χ1v) is 20.0. The van der Waals surface area contributed by atoms with E-state index in [-0.39, 0.29) is 35.6 Å². The highest BCUT2D eigenvalue weighted by atomic mass is 19.1. The Bertz CT molecular complexity index is 2260. The van der Waals surface area contributed by atoms with E-state index in [1.54, 1.807) is 6.20 Å². The summed E-state index contributed by atoms with van der Waals surface area (Å²) in [5, 5.41) is 6.17. The van der Waals surface area contributed by atoms with E-state index in [4.69, 9.17) is 0 Å². The van der Waals surface area contributed by atoms with Crippen LogP contribution >= 0.6 is 0 Å². The fourth-order valence-corrected chi connectivity index (χ4v) is 9.24. The minimum atomic E-state index is -1.09. The van der Waals surface area contributed by atoms with Crippen LogP contribution in [0.4, 0.5) is 21.6 Å². The molecule has 2 aromatic carbocycles. The molecule has 0 saturated carbocycles. The third kappa shape index (κ3) is 7.14. The Morgan fingerprint density at radius 2 is 1.58 bits per heavy atom. The first kappa shape index (κ1) is 36.9. The van der Waals surface area contributed by atoms with E-state index >= 15 is 4.39 Å². The van der Waals surface area contributed by atoms with Crippen LogP contribution in [0.25, 0.3) is 10.9 Å². The molecule has 0 spiro atoms. The Labute approximate surface area is 329 Å². The molecule has 3 N–H and O–H groups in total. The quantitative estimate of drug-likeness (QED) is 0.223. The van der Waals surface area contributed by atoms with Crippen molar-refractivity contribution in [1.29, 1.82) is 0 Å². The lowest BCUT2D eigenvalue weighted by molar-refractivity contribution is -0.136. The van der Waals surface area contributed by atoms with Crippen LogP contribution in [-0.2, 0) is 9.59 Å². The lowest BCUT2D eigenvalue weighted by Gasteiger charge is -2.40. The van der Waals surface area contributed by atoms with Gasteiger partial charge in [-0.25, -0.2) is 9.37 Å². The number of hydrogen-bond acceptors (Lipinski definition) is 10. The molecule has 0 radical (unpaired) electrons. The van der Waals surface area contributed by atoms with Gasteiger partial charge in [-0.1, -0.05) is 0 Å². The summed E-state index contributed by atoms with van der Waals surface area (Å²) in [6, 6.07) is 13.6. The summed E-state index contributed by atoms with van der Waals surface area (Å²) < 4.78 is 15.4. The van der Waals surface area contributed by atoms with Gasteiger partial charge in [0, 0.05) is 92.9 Å². The van der Waals surface area contributed by atoms with Crippen LogP contribution in [0.1, 0.15) is 81.3 Å². The van der Waals surface area contributed by atoms with Crippen molar-refractivity contribution in [2.75, 3.05) is 74.5 Å². The van der Waals surface area contributed by atoms with Gasteiger partial charge in [-0.05, 0) is 94.1 Å². The molecule has 0 aliphatic carbocycles. The van der Waals surface area contributed by atoms with Gasteiger partial charge in [0.05, 0.1) is 22.3 Å². The van der Waals surface area contributed by atoms with Crippen LogP contribution in [0.15, 0.2) is 54.7 Å². The number of anilines is 3. The number of imide groups is 2. The summed E-state index contributed by atoms with van der Waals surface area (Å²) in [7, 11) is 2.15. The summed E-state index contributed by atoms with van der Waals surface area (Å²) in [5.74, 6) is -2.31. The fourth-order valence-electron chi connectivity index (χ4n) is 9.24. The zero-order chi connectivity index (χ0) is 39.4. The molecule has 7 heterocycles. The van der Waals surface area contributed by atoms with Crippen LogP contribution in [0.3, 0.4) is 0 Å². The number of halogens is 1. The number of aromatic amines is 1. The predicted molar refractivity (Wildman–Crippen MR) is 212 cm³/mol. The van der Waals surface area contributed by atoms with E-state index in [9.17, 15) is 24.0 Å². The molecule has 57 heavy (non-hydrogen) atoms. The number of nitrogens with zero attached hydrogens (tertiary/aromatic N) is 6. The number of rotatable bonds is 8. The van der Waals surface area contributed by atoms with Gasteiger partial charge in [-0.3, -0.25) is 44.0 Å². The van der Waals surface area contributed by atoms with Crippen molar-refractivity contribution in [3.8, 4) is 0 Å². The maximum absolute atomic E-state index is 15.4. The second-order valence-corrected chi connectivity index (χ2v) is 16.0. The number of carbonyl (C=O) groups is 5. The summed E-state index contributed by atoms with van der Waals surface area (Å²) in [6.45, 7) is 6.84. The summed E-state index contributed by atoms with van der Waals surface area (Å²) >= 11 is 0. The number of aromatic nitrogens is 2. The average Bonchev–Trinajstić information content (AvgIpc) is 3.90. The van der Waals surface area contributed by atoms with E-state index in [0.717, 1.165) is 86.1 Å². The third-order valence-corrected chi connectivity index (χ3v) is 12.5. The van der Waals surface area contributed by atoms with Crippen molar-refractivity contribution in [2.45, 2.75) is 50.6 Å². The van der Waals surface area contributed by atoms with E-state index in [0.29, 0.717) is 36.4 Å². The van der Waals surface area contributed by atoms with E-state index in [1.165, 1.54) is 18.2 Å². The molecule has 2 aromatic heterocycles. The van der Waals surface area contributed by atoms with Gasteiger partial charge in [0.2, 0.25) is 11.8 Å². The topological polar surface area (TPSA) is 154 Å². The molecule has 14 nitrogen and oxygen atoms in total. The molecule has 5 aliphatic rings. The molecule has 0 bridgehead atoms. The zero-order valence-electron chi connectivity index (χ0n) is 31.9. The standard InChI is InChI=1S/C42H46FN9O5/c1-48-12-2-3-34(48)33-19-27-23-44-37(22-32(27)45-33)46-39(54)26-4-6-28(7-5-26)50-17-15-49(16-18-50)24-25-10-13-51(14-11-25)36-21-30-29(20-31(36)43)41(56)52(42(30)57)35-8-9-38(53)47-40(35)55/h4-7,19-23,25,34-35,45H,2-3,8-18,24H2,1H3,(H,44,46,54)(H,47,53,55)/t34-,35?/m1/s1. The molecule has 4 saturated heterocycles. The average molecular weight is 776 g/mol. The van der Waals surface area contributed by atoms with Crippen LogP contribution in [0, 0.1) is 11.7 Å². The van der Waals surface area contributed by atoms with E-state index in [2.05, 4.69) is 48.4 Å². The van der Waals surface area contributed by atoms with Crippen molar-refractivity contribution in [3.05, 3.63) is 82.9 Å². The summed E-state index contributed by atoms with van der Waals surface area (Å²) in [5.41, 5.74) is 4.10. The van der Waals surface area contributed by atoms with Gasteiger partial charge < -0.3 is 20.1 Å². The van der Waals surface area contributed by atoms with Crippen LogP contribution in [0.2, 0.25) is 0 Å². The highest BCUT2D eigenvalue weighted by Crippen LogP contribution is 2.35. The molecule has 4 aromatic rings. The third-order valence-electron chi connectivity index (χ3n) is 12.5. The van der Waals surface area contributed by atoms with E-state index < -0.39 is 35.5 Å². The van der Waals surface area contributed by atoms with Crippen molar-refractivity contribution >= 4 is 57.6 Å². The van der Waals surface area contributed by atoms with Gasteiger partial charge in [-0.2, -0.15) is 0 Å². The number of fused-ring (bicyclic) bond motifs is 2. The van der Waals surface area contributed by atoms with Crippen molar-refractivity contribution in [2.24, 2.45) is 5.92 Å². The number of piperidine rings is 2. The molecule has 5 amide bonds.